The lowest BCUT2D eigenvalue weighted by Gasteiger charge is -2.15. The zero-order valence-corrected chi connectivity index (χ0v) is 29.2. The monoisotopic (exact) mass is 617 g/mol. The molecule has 4 heteroatoms. The molecule has 0 heterocycles. The molecular formula is C40H72O4. The first-order valence-corrected chi connectivity index (χ1v) is 18.7. The quantitative estimate of drug-likeness (QED) is 0.0444. The van der Waals surface area contributed by atoms with Crippen molar-refractivity contribution in [3.05, 3.63) is 48.6 Å². The Labute approximate surface area is 273 Å². The standard InChI is InChI=1S/C40H72O4/c1-3-5-7-9-11-13-15-17-19-20-21-23-25-27-29-31-33-35-40(42)44-39(37-41)38-43-36-34-32-30-28-26-24-22-18-16-14-12-10-8-6-4-2/h5,7,11,13,17,19,21,23,39,41H,3-4,6,8-10,12,14-16,18,20,22,24-38H2,1-2H3/b7-5-,13-11-,19-17-,23-21-. The minimum atomic E-state index is -0.544. The van der Waals surface area contributed by atoms with Gasteiger partial charge in [0.05, 0.1) is 13.2 Å². The lowest BCUT2D eigenvalue weighted by molar-refractivity contribution is -0.154. The van der Waals surface area contributed by atoms with Crippen LogP contribution in [-0.2, 0) is 14.3 Å². The van der Waals surface area contributed by atoms with Crippen LogP contribution in [0.15, 0.2) is 48.6 Å². The number of rotatable bonds is 34. The number of esters is 1. The largest absolute Gasteiger partial charge is 0.457 e. The van der Waals surface area contributed by atoms with E-state index in [9.17, 15) is 9.90 Å². The summed E-state index contributed by atoms with van der Waals surface area (Å²) in [5, 5.41) is 9.56. The second-order valence-corrected chi connectivity index (χ2v) is 12.3. The molecule has 0 aromatic carbocycles. The van der Waals surface area contributed by atoms with E-state index < -0.39 is 6.10 Å². The van der Waals surface area contributed by atoms with E-state index in [0.29, 0.717) is 13.0 Å². The van der Waals surface area contributed by atoms with E-state index >= 15 is 0 Å². The van der Waals surface area contributed by atoms with E-state index in [4.69, 9.17) is 9.47 Å². The molecule has 4 nitrogen and oxygen atoms in total. The molecule has 0 bridgehead atoms. The molecule has 1 unspecified atom stereocenters. The molecular weight excluding hydrogens is 544 g/mol. The molecule has 0 saturated heterocycles. The predicted molar refractivity (Wildman–Crippen MR) is 191 cm³/mol. The van der Waals surface area contributed by atoms with Gasteiger partial charge in [0.15, 0.2) is 0 Å². The summed E-state index contributed by atoms with van der Waals surface area (Å²) in [5.41, 5.74) is 0. The van der Waals surface area contributed by atoms with Crippen LogP contribution in [0.25, 0.3) is 0 Å². The van der Waals surface area contributed by atoms with Gasteiger partial charge in [-0.25, -0.2) is 0 Å². The van der Waals surface area contributed by atoms with E-state index in [1.165, 1.54) is 89.9 Å². The highest BCUT2D eigenvalue weighted by Crippen LogP contribution is 2.14. The van der Waals surface area contributed by atoms with Gasteiger partial charge in [0.2, 0.25) is 0 Å². The third-order valence-electron chi connectivity index (χ3n) is 7.92. The van der Waals surface area contributed by atoms with Gasteiger partial charge in [-0.05, 0) is 51.4 Å². The Kier molecular flexibility index (Phi) is 36.1. The van der Waals surface area contributed by atoms with E-state index in [0.717, 1.165) is 64.2 Å². The molecule has 0 radical (unpaired) electrons. The molecule has 256 valence electrons. The molecule has 0 aliphatic heterocycles. The van der Waals surface area contributed by atoms with Crippen molar-refractivity contribution in [1.82, 2.24) is 0 Å². The Balaban J connectivity index is 3.50. The van der Waals surface area contributed by atoms with E-state index in [2.05, 4.69) is 62.5 Å². The van der Waals surface area contributed by atoms with Crippen molar-refractivity contribution in [2.45, 2.75) is 180 Å². The first-order valence-electron chi connectivity index (χ1n) is 18.7. The Morgan fingerprint density at radius 3 is 1.55 bits per heavy atom. The zero-order chi connectivity index (χ0) is 32.0. The summed E-state index contributed by atoms with van der Waals surface area (Å²) >= 11 is 0. The van der Waals surface area contributed by atoms with Crippen LogP contribution in [0.2, 0.25) is 0 Å². The van der Waals surface area contributed by atoms with Gasteiger partial charge in [-0.1, -0.05) is 165 Å². The van der Waals surface area contributed by atoms with Gasteiger partial charge in [-0.15, -0.1) is 0 Å². The summed E-state index contributed by atoms with van der Waals surface area (Å²) in [6, 6.07) is 0. The van der Waals surface area contributed by atoms with Crippen LogP contribution >= 0.6 is 0 Å². The zero-order valence-electron chi connectivity index (χ0n) is 29.2. The number of hydrogen-bond donors (Lipinski definition) is 1. The molecule has 1 atom stereocenters. The second kappa shape index (κ2) is 37.5. The fourth-order valence-corrected chi connectivity index (χ4v) is 5.14. The average molecular weight is 617 g/mol. The highest BCUT2D eigenvalue weighted by Gasteiger charge is 2.13. The maximum Gasteiger partial charge on any atom is 0.306 e. The van der Waals surface area contributed by atoms with E-state index in [1.54, 1.807) is 0 Å². The molecule has 0 aromatic heterocycles. The summed E-state index contributed by atoms with van der Waals surface area (Å²) < 4.78 is 11.1. The van der Waals surface area contributed by atoms with Crippen LogP contribution in [0.3, 0.4) is 0 Å². The number of allylic oxidation sites excluding steroid dienone is 8. The first-order chi connectivity index (χ1) is 21.7. The smallest absolute Gasteiger partial charge is 0.306 e. The van der Waals surface area contributed by atoms with Gasteiger partial charge >= 0.3 is 5.97 Å². The second-order valence-electron chi connectivity index (χ2n) is 12.3. The number of hydrogen-bond acceptors (Lipinski definition) is 4. The van der Waals surface area contributed by atoms with Crippen molar-refractivity contribution < 1.29 is 19.4 Å². The topological polar surface area (TPSA) is 55.8 Å². The van der Waals surface area contributed by atoms with Gasteiger partial charge in [-0.3, -0.25) is 4.79 Å². The van der Waals surface area contributed by atoms with Crippen LogP contribution < -0.4 is 0 Å². The van der Waals surface area contributed by atoms with Crippen molar-refractivity contribution in [3.8, 4) is 0 Å². The number of unbranched alkanes of at least 4 members (excludes halogenated alkanes) is 18. The minimum Gasteiger partial charge on any atom is -0.457 e. The van der Waals surface area contributed by atoms with E-state index in [-0.39, 0.29) is 19.2 Å². The number of aliphatic hydroxyl groups is 1. The summed E-state index contributed by atoms with van der Waals surface area (Å²) in [7, 11) is 0. The van der Waals surface area contributed by atoms with Gasteiger partial charge in [0.25, 0.3) is 0 Å². The summed E-state index contributed by atoms with van der Waals surface area (Å²) in [6.45, 7) is 5.21. The molecule has 44 heavy (non-hydrogen) atoms. The number of carbonyl (C=O) groups is 1. The van der Waals surface area contributed by atoms with Crippen molar-refractivity contribution in [3.63, 3.8) is 0 Å². The van der Waals surface area contributed by atoms with Gasteiger partial charge < -0.3 is 14.6 Å². The normalized spacial score (nSPS) is 12.9. The Morgan fingerprint density at radius 1 is 0.568 bits per heavy atom. The molecule has 0 spiro atoms. The summed E-state index contributed by atoms with van der Waals surface area (Å²) in [4.78, 5) is 12.1. The van der Waals surface area contributed by atoms with Crippen LogP contribution in [0.4, 0.5) is 0 Å². The number of carbonyl (C=O) groups excluding carboxylic acids is 1. The van der Waals surface area contributed by atoms with Gasteiger partial charge in [0.1, 0.15) is 6.10 Å². The third-order valence-corrected chi connectivity index (χ3v) is 7.92. The van der Waals surface area contributed by atoms with Gasteiger partial charge in [0, 0.05) is 13.0 Å². The van der Waals surface area contributed by atoms with Crippen LogP contribution in [-0.4, -0.2) is 37.0 Å². The van der Waals surface area contributed by atoms with Crippen LogP contribution in [0.5, 0.6) is 0 Å². The highest BCUT2D eigenvalue weighted by molar-refractivity contribution is 5.69. The number of ether oxygens (including phenoxy) is 2. The fraction of sp³-hybridized carbons (Fsp3) is 0.775. The maximum absolute atomic E-state index is 12.1. The lowest BCUT2D eigenvalue weighted by Crippen LogP contribution is -2.27. The van der Waals surface area contributed by atoms with Crippen molar-refractivity contribution >= 4 is 5.97 Å². The van der Waals surface area contributed by atoms with Crippen LogP contribution in [0, 0.1) is 0 Å². The fourth-order valence-electron chi connectivity index (χ4n) is 5.14. The van der Waals surface area contributed by atoms with Crippen molar-refractivity contribution in [2.75, 3.05) is 19.8 Å². The molecule has 0 aromatic rings. The molecule has 0 aliphatic rings. The SMILES string of the molecule is CC/C=C\C/C=C\C/C=C\C/C=C\CCCCCCC(=O)OC(CO)COCCCCCCCCCCCCCCCCC. The highest BCUT2D eigenvalue weighted by atomic mass is 16.6. The molecule has 0 amide bonds. The molecule has 0 saturated carbocycles. The van der Waals surface area contributed by atoms with Crippen molar-refractivity contribution in [1.29, 1.82) is 0 Å². The van der Waals surface area contributed by atoms with Crippen molar-refractivity contribution in [2.24, 2.45) is 0 Å². The summed E-state index contributed by atoms with van der Waals surface area (Å²) in [5.74, 6) is -0.224. The molecule has 1 N–H and O–H groups in total. The van der Waals surface area contributed by atoms with Crippen LogP contribution in [0.1, 0.15) is 174 Å². The maximum atomic E-state index is 12.1. The molecule has 0 aliphatic carbocycles. The van der Waals surface area contributed by atoms with E-state index in [1.807, 2.05) is 0 Å². The van der Waals surface area contributed by atoms with Gasteiger partial charge in [-0.2, -0.15) is 0 Å². The molecule has 0 rings (SSSR count). The Bertz CT molecular complexity index is 693. The summed E-state index contributed by atoms with van der Waals surface area (Å²) in [6.07, 6.45) is 47.2. The molecule has 0 fully saturated rings. The number of aliphatic hydroxyl groups excluding tert-OH is 1. The Morgan fingerprint density at radius 2 is 1.02 bits per heavy atom. The predicted octanol–water partition coefficient (Wildman–Crippen LogP) is 11.9. The third kappa shape index (κ3) is 34.8. The average Bonchev–Trinajstić information content (AvgIpc) is 3.03. The first kappa shape index (κ1) is 42.3. The minimum absolute atomic E-state index is 0.181. The Hall–Kier alpha value is -1.65. The lowest BCUT2D eigenvalue weighted by atomic mass is 10.0.